The topological polar surface area (TPSA) is 63.1 Å². The number of amides is 1. The quantitative estimate of drug-likeness (QED) is 0.848. The predicted octanol–water partition coefficient (Wildman–Crippen LogP) is 1.39. The van der Waals surface area contributed by atoms with E-state index >= 15 is 0 Å². The first-order valence-electron chi connectivity index (χ1n) is 8.22. The number of likely N-dealkylation sites (tertiary alicyclic amines) is 1. The standard InChI is InChI=1S/C15H25N5OS/c1-11(14(21)20-9-3-4-10-20)22-15-18-17-13(19(15)2)12-5-7-16-8-6-12/h11-12,16H,3-10H2,1-2H3/t11-/m0/s1. The Balaban J connectivity index is 1.64. The number of carbonyl (C=O) groups is 1. The van der Waals surface area contributed by atoms with Crippen molar-refractivity contribution in [2.75, 3.05) is 26.2 Å². The highest BCUT2D eigenvalue weighted by Crippen LogP contribution is 2.29. The van der Waals surface area contributed by atoms with Crippen LogP contribution in [0.2, 0.25) is 0 Å². The molecule has 122 valence electrons. The zero-order valence-corrected chi connectivity index (χ0v) is 14.2. The largest absolute Gasteiger partial charge is 0.342 e. The van der Waals surface area contributed by atoms with E-state index < -0.39 is 0 Å². The lowest BCUT2D eigenvalue weighted by atomic mass is 9.97. The first kappa shape index (κ1) is 15.8. The van der Waals surface area contributed by atoms with Crippen LogP contribution in [-0.4, -0.2) is 57.0 Å². The maximum absolute atomic E-state index is 12.4. The monoisotopic (exact) mass is 323 g/mol. The average molecular weight is 323 g/mol. The number of piperidine rings is 1. The van der Waals surface area contributed by atoms with Crippen LogP contribution in [0, 0.1) is 0 Å². The first-order chi connectivity index (χ1) is 10.7. The van der Waals surface area contributed by atoms with Gasteiger partial charge in [-0.2, -0.15) is 0 Å². The van der Waals surface area contributed by atoms with E-state index in [1.165, 1.54) is 11.8 Å². The highest BCUT2D eigenvalue weighted by molar-refractivity contribution is 8.00. The second kappa shape index (κ2) is 7.00. The first-order valence-corrected chi connectivity index (χ1v) is 9.10. The van der Waals surface area contributed by atoms with Crippen LogP contribution in [0.15, 0.2) is 5.16 Å². The SMILES string of the molecule is C[C@H](Sc1nnc(C2CCNCC2)n1C)C(=O)N1CCCC1. The van der Waals surface area contributed by atoms with Gasteiger partial charge in [0.05, 0.1) is 5.25 Å². The molecule has 0 bridgehead atoms. The van der Waals surface area contributed by atoms with Gasteiger partial charge in [0, 0.05) is 26.1 Å². The molecule has 2 aliphatic heterocycles. The smallest absolute Gasteiger partial charge is 0.235 e. The minimum Gasteiger partial charge on any atom is -0.342 e. The summed E-state index contributed by atoms with van der Waals surface area (Å²) in [6, 6.07) is 0. The third-order valence-electron chi connectivity index (χ3n) is 4.62. The second-order valence-corrected chi connectivity index (χ2v) is 7.52. The van der Waals surface area contributed by atoms with Crippen LogP contribution in [0.1, 0.15) is 44.3 Å². The molecular weight excluding hydrogens is 298 g/mol. The fourth-order valence-corrected chi connectivity index (χ4v) is 4.17. The van der Waals surface area contributed by atoms with Crippen molar-refractivity contribution in [2.24, 2.45) is 7.05 Å². The third-order valence-corrected chi connectivity index (χ3v) is 5.74. The molecule has 22 heavy (non-hydrogen) atoms. The van der Waals surface area contributed by atoms with Gasteiger partial charge in [-0.3, -0.25) is 4.79 Å². The van der Waals surface area contributed by atoms with Crippen molar-refractivity contribution in [2.45, 2.75) is 48.9 Å². The molecule has 0 aliphatic carbocycles. The molecule has 3 rings (SSSR count). The van der Waals surface area contributed by atoms with Crippen LogP contribution in [0.4, 0.5) is 0 Å². The van der Waals surface area contributed by atoms with Gasteiger partial charge in [-0.05, 0) is 45.7 Å². The fraction of sp³-hybridized carbons (Fsp3) is 0.800. The summed E-state index contributed by atoms with van der Waals surface area (Å²) in [5, 5.41) is 12.8. The van der Waals surface area contributed by atoms with Crippen LogP contribution < -0.4 is 5.32 Å². The Morgan fingerprint density at radius 3 is 2.64 bits per heavy atom. The number of thioether (sulfide) groups is 1. The van der Waals surface area contributed by atoms with Crippen LogP contribution in [-0.2, 0) is 11.8 Å². The van der Waals surface area contributed by atoms with Crippen LogP contribution in [0.25, 0.3) is 0 Å². The molecule has 0 unspecified atom stereocenters. The Bertz CT molecular complexity index is 520. The third kappa shape index (κ3) is 3.30. The zero-order chi connectivity index (χ0) is 15.5. The van der Waals surface area contributed by atoms with Gasteiger partial charge in [0.15, 0.2) is 5.16 Å². The molecule has 1 amide bonds. The van der Waals surface area contributed by atoms with Crippen molar-refractivity contribution in [1.29, 1.82) is 0 Å². The van der Waals surface area contributed by atoms with E-state index in [0.717, 1.165) is 62.8 Å². The summed E-state index contributed by atoms with van der Waals surface area (Å²) in [7, 11) is 2.02. The van der Waals surface area contributed by atoms with Crippen molar-refractivity contribution in [3.8, 4) is 0 Å². The van der Waals surface area contributed by atoms with E-state index in [9.17, 15) is 4.79 Å². The molecule has 7 heteroatoms. The van der Waals surface area contributed by atoms with Gasteiger partial charge in [-0.25, -0.2) is 0 Å². The van der Waals surface area contributed by atoms with Crippen molar-refractivity contribution >= 4 is 17.7 Å². The van der Waals surface area contributed by atoms with Gasteiger partial charge in [0.2, 0.25) is 5.91 Å². The molecule has 1 aromatic heterocycles. The Hall–Kier alpha value is -1.08. The van der Waals surface area contributed by atoms with Gasteiger partial charge in [-0.15, -0.1) is 10.2 Å². The number of hydrogen-bond donors (Lipinski definition) is 1. The molecule has 1 N–H and O–H groups in total. The average Bonchev–Trinajstić information content (AvgIpc) is 3.18. The van der Waals surface area contributed by atoms with E-state index in [4.69, 9.17) is 0 Å². The van der Waals surface area contributed by atoms with E-state index in [1.54, 1.807) is 0 Å². The maximum atomic E-state index is 12.4. The molecular formula is C15H25N5OS. The summed E-state index contributed by atoms with van der Waals surface area (Å²) < 4.78 is 2.08. The molecule has 6 nitrogen and oxygen atoms in total. The lowest BCUT2D eigenvalue weighted by Gasteiger charge is -2.22. The van der Waals surface area contributed by atoms with Gasteiger partial charge in [0.25, 0.3) is 0 Å². The molecule has 2 fully saturated rings. The summed E-state index contributed by atoms with van der Waals surface area (Å²) in [6.45, 7) is 5.88. The summed E-state index contributed by atoms with van der Waals surface area (Å²) in [5.74, 6) is 1.77. The molecule has 1 aromatic rings. The maximum Gasteiger partial charge on any atom is 0.235 e. The summed E-state index contributed by atoms with van der Waals surface area (Å²) in [4.78, 5) is 14.4. The normalized spacial score (nSPS) is 21.3. The van der Waals surface area contributed by atoms with Crippen LogP contribution >= 0.6 is 11.8 Å². The number of aromatic nitrogens is 3. The predicted molar refractivity (Wildman–Crippen MR) is 87.0 cm³/mol. The molecule has 0 spiro atoms. The van der Waals surface area contributed by atoms with E-state index in [2.05, 4.69) is 20.1 Å². The Kier molecular flexibility index (Phi) is 5.03. The Labute approximate surface area is 136 Å². The van der Waals surface area contributed by atoms with Gasteiger partial charge >= 0.3 is 0 Å². The van der Waals surface area contributed by atoms with Crippen molar-refractivity contribution in [3.63, 3.8) is 0 Å². The van der Waals surface area contributed by atoms with E-state index in [0.29, 0.717) is 5.92 Å². The molecule has 0 radical (unpaired) electrons. The number of carbonyl (C=O) groups excluding carboxylic acids is 1. The Morgan fingerprint density at radius 1 is 1.27 bits per heavy atom. The van der Waals surface area contributed by atoms with Crippen molar-refractivity contribution in [1.82, 2.24) is 25.0 Å². The summed E-state index contributed by atoms with van der Waals surface area (Å²) >= 11 is 1.53. The molecule has 0 aromatic carbocycles. The highest BCUT2D eigenvalue weighted by Gasteiger charge is 2.27. The summed E-state index contributed by atoms with van der Waals surface area (Å²) in [6.07, 6.45) is 4.48. The molecule has 2 saturated heterocycles. The minimum atomic E-state index is -0.0955. The van der Waals surface area contributed by atoms with Gasteiger partial charge in [-0.1, -0.05) is 11.8 Å². The number of hydrogen-bond acceptors (Lipinski definition) is 5. The Morgan fingerprint density at radius 2 is 1.95 bits per heavy atom. The lowest BCUT2D eigenvalue weighted by molar-refractivity contribution is -0.129. The number of rotatable bonds is 4. The second-order valence-electron chi connectivity index (χ2n) is 6.22. The molecule has 3 heterocycles. The minimum absolute atomic E-state index is 0.0955. The van der Waals surface area contributed by atoms with Crippen molar-refractivity contribution in [3.05, 3.63) is 5.82 Å². The van der Waals surface area contributed by atoms with Gasteiger partial charge in [0.1, 0.15) is 5.82 Å². The van der Waals surface area contributed by atoms with E-state index in [-0.39, 0.29) is 11.2 Å². The van der Waals surface area contributed by atoms with Crippen molar-refractivity contribution < 1.29 is 4.79 Å². The molecule has 2 aliphatic rings. The van der Waals surface area contributed by atoms with Crippen LogP contribution in [0.3, 0.4) is 0 Å². The van der Waals surface area contributed by atoms with E-state index in [1.807, 2.05) is 18.9 Å². The van der Waals surface area contributed by atoms with Crippen LogP contribution in [0.5, 0.6) is 0 Å². The molecule has 0 saturated carbocycles. The summed E-state index contributed by atoms with van der Waals surface area (Å²) in [5.41, 5.74) is 0. The fourth-order valence-electron chi connectivity index (χ4n) is 3.27. The zero-order valence-electron chi connectivity index (χ0n) is 13.4. The highest BCUT2D eigenvalue weighted by atomic mass is 32.2. The number of nitrogens with zero attached hydrogens (tertiary/aromatic N) is 4. The lowest BCUT2D eigenvalue weighted by Crippen LogP contribution is -2.34. The molecule has 1 atom stereocenters. The van der Waals surface area contributed by atoms with Gasteiger partial charge < -0.3 is 14.8 Å². The number of nitrogens with one attached hydrogen (secondary N) is 1.